The standard InChI is InChI=1S/C20H18ClN3O3S2/c1-5-12-24-18-13(2)16(21)10-11-17(18)28-20(24)22-19(25)14-6-8-15(9-7-14)29(26,27)23(3)4/h1,6-11H,12H2,2-4H3. The molecule has 0 saturated carbocycles. The number of sulfonamides is 1. The first-order chi connectivity index (χ1) is 13.7. The van der Waals surface area contributed by atoms with Gasteiger partial charge < -0.3 is 4.57 Å². The molecule has 0 radical (unpaired) electrons. The normalized spacial score (nSPS) is 12.5. The third-order valence-electron chi connectivity index (χ3n) is 4.36. The number of carbonyl (C=O) groups is 1. The number of hydrogen-bond donors (Lipinski definition) is 0. The molecule has 29 heavy (non-hydrogen) atoms. The smallest absolute Gasteiger partial charge is 0.279 e. The number of benzene rings is 2. The topological polar surface area (TPSA) is 71.7 Å². The molecule has 1 aromatic heterocycles. The van der Waals surface area contributed by atoms with Gasteiger partial charge in [-0.1, -0.05) is 28.9 Å². The maximum atomic E-state index is 12.7. The predicted molar refractivity (Wildman–Crippen MR) is 116 cm³/mol. The molecule has 0 aliphatic rings. The Labute approximate surface area is 178 Å². The van der Waals surface area contributed by atoms with Crippen molar-refractivity contribution in [2.75, 3.05) is 14.1 Å². The van der Waals surface area contributed by atoms with Crippen LogP contribution in [0.15, 0.2) is 46.3 Å². The van der Waals surface area contributed by atoms with Gasteiger partial charge in [0.15, 0.2) is 4.80 Å². The van der Waals surface area contributed by atoms with Gasteiger partial charge in [-0.25, -0.2) is 12.7 Å². The van der Waals surface area contributed by atoms with Gasteiger partial charge in [0.1, 0.15) is 0 Å². The average molecular weight is 448 g/mol. The highest BCUT2D eigenvalue weighted by molar-refractivity contribution is 7.89. The quantitative estimate of drug-likeness (QED) is 0.576. The molecule has 0 atom stereocenters. The molecule has 0 fully saturated rings. The van der Waals surface area contributed by atoms with Gasteiger partial charge in [-0.15, -0.1) is 6.42 Å². The highest BCUT2D eigenvalue weighted by Gasteiger charge is 2.18. The first-order valence-corrected chi connectivity index (χ1v) is 11.1. The van der Waals surface area contributed by atoms with E-state index in [0.717, 1.165) is 20.1 Å². The van der Waals surface area contributed by atoms with Crippen LogP contribution in [0.1, 0.15) is 15.9 Å². The van der Waals surface area contributed by atoms with E-state index in [2.05, 4.69) is 10.9 Å². The highest BCUT2D eigenvalue weighted by atomic mass is 35.5. The number of nitrogens with zero attached hydrogens (tertiary/aromatic N) is 3. The Bertz CT molecular complexity index is 1310. The maximum Gasteiger partial charge on any atom is 0.279 e. The minimum atomic E-state index is -3.56. The second-order valence-corrected chi connectivity index (χ2v) is 9.99. The number of aromatic nitrogens is 1. The molecule has 0 saturated heterocycles. The minimum Gasteiger partial charge on any atom is -0.304 e. The van der Waals surface area contributed by atoms with Crippen molar-refractivity contribution in [3.8, 4) is 12.3 Å². The van der Waals surface area contributed by atoms with Crippen LogP contribution >= 0.6 is 22.9 Å². The number of fused-ring (bicyclic) bond motifs is 1. The van der Waals surface area contributed by atoms with Crippen molar-refractivity contribution in [1.82, 2.24) is 8.87 Å². The van der Waals surface area contributed by atoms with Crippen LogP contribution in [-0.4, -0.2) is 37.3 Å². The largest absolute Gasteiger partial charge is 0.304 e. The van der Waals surface area contributed by atoms with Crippen molar-refractivity contribution in [1.29, 1.82) is 0 Å². The molecule has 150 valence electrons. The Morgan fingerprint density at radius 3 is 2.48 bits per heavy atom. The number of aryl methyl sites for hydroxylation is 1. The van der Waals surface area contributed by atoms with E-state index in [1.807, 2.05) is 13.0 Å². The number of amides is 1. The van der Waals surface area contributed by atoms with E-state index in [4.69, 9.17) is 18.0 Å². The van der Waals surface area contributed by atoms with Crippen molar-refractivity contribution in [3.63, 3.8) is 0 Å². The van der Waals surface area contributed by atoms with Gasteiger partial charge in [0, 0.05) is 24.7 Å². The van der Waals surface area contributed by atoms with Gasteiger partial charge in [-0.05, 0) is 48.9 Å². The van der Waals surface area contributed by atoms with E-state index >= 15 is 0 Å². The molecule has 9 heteroatoms. The molecule has 0 bridgehead atoms. The zero-order valence-electron chi connectivity index (χ0n) is 16.0. The maximum absolute atomic E-state index is 12.7. The predicted octanol–water partition coefficient (Wildman–Crippen LogP) is 3.29. The summed E-state index contributed by atoms with van der Waals surface area (Å²) in [7, 11) is -0.668. The molecule has 0 unspecified atom stereocenters. The van der Waals surface area contributed by atoms with Gasteiger partial charge in [0.05, 0.1) is 21.7 Å². The lowest BCUT2D eigenvalue weighted by Gasteiger charge is -2.11. The Morgan fingerprint density at radius 1 is 1.24 bits per heavy atom. The lowest BCUT2D eigenvalue weighted by atomic mass is 10.2. The Morgan fingerprint density at radius 2 is 1.90 bits per heavy atom. The summed E-state index contributed by atoms with van der Waals surface area (Å²) in [6, 6.07) is 9.34. The molecule has 0 N–H and O–H groups in total. The number of rotatable bonds is 4. The van der Waals surface area contributed by atoms with Gasteiger partial charge in [-0.2, -0.15) is 4.99 Å². The third kappa shape index (κ3) is 4.00. The van der Waals surface area contributed by atoms with Crippen LogP contribution in [-0.2, 0) is 16.6 Å². The van der Waals surface area contributed by atoms with Crippen molar-refractivity contribution in [2.24, 2.45) is 4.99 Å². The second kappa shape index (κ2) is 8.13. The second-order valence-electron chi connectivity index (χ2n) is 6.42. The Balaban J connectivity index is 2.08. The fourth-order valence-electron chi connectivity index (χ4n) is 2.77. The minimum absolute atomic E-state index is 0.105. The Kier molecular flexibility index (Phi) is 5.96. The van der Waals surface area contributed by atoms with E-state index in [0.29, 0.717) is 9.82 Å². The van der Waals surface area contributed by atoms with Crippen LogP contribution in [0.5, 0.6) is 0 Å². The van der Waals surface area contributed by atoms with E-state index in [1.165, 1.54) is 49.7 Å². The number of terminal acetylenes is 1. The summed E-state index contributed by atoms with van der Waals surface area (Å²) in [6.45, 7) is 2.13. The number of hydrogen-bond acceptors (Lipinski definition) is 4. The van der Waals surface area contributed by atoms with Crippen LogP contribution in [0.25, 0.3) is 10.2 Å². The summed E-state index contributed by atoms with van der Waals surface area (Å²) in [5.41, 5.74) is 1.99. The molecule has 6 nitrogen and oxygen atoms in total. The lowest BCUT2D eigenvalue weighted by Crippen LogP contribution is -2.22. The fourth-order valence-corrected chi connectivity index (χ4v) is 4.91. The first kappa shape index (κ1) is 21.3. The van der Waals surface area contributed by atoms with Crippen molar-refractivity contribution in [2.45, 2.75) is 18.4 Å². The van der Waals surface area contributed by atoms with E-state index in [-0.39, 0.29) is 17.0 Å². The fraction of sp³-hybridized carbons (Fsp3) is 0.200. The molecule has 2 aromatic carbocycles. The van der Waals surface area contributed by atoms with Crippen LogP contribution < -0.4 is 4.80 Å². The summed E-state index contributed by atoms with van der Waals surface area (Å²) < 4.78 is 28.1. The molecular weight excluding hydrogens is 430 g/mol. The number of halogens is 1. The van der Waals surface area contributed by atoms with Gasteiger partial charge in [0.25, 0.3) is 5.91 Å². The first-order valence-electron chi connectivity index (χ1n) is 8.50. The van der Waals surface area contributed by atoms with Crippen LogP contribution in [0.2, 0.25) is 5.02 Å². The molecule has 0 spiro atoms. The molecule has 3 aromatic rings. The molecule has 0 aliphatic heterocycles. The molecule has 1 heterocycles. The third-order valence-corrected chi connectivity index (χ3v) is 7.64. The molecule has 0 aliphatic carbocycles. The SMILES string of the molecule is C#CCn1c(=NC(=O)c2ccc(S(=O)(=O)N(C)C)cc2)sc2ccc(Cl)c(C)c21. The van der Waals surface area contributed by atoms with E-state index < -0.39 is 15.9 Å². The highest BCUT2D eigenvalue weighted by Crippen LogP contribution is 2.27. The van der Waals surface area contributed by atoms with Crippen LogP contribution in [0.3, 0.4) is 0 Å². The van der Waals surface area contributed by atoms with Crippen molar-refractivity contribution >= 4 is 49.1 Å². The number of thiazole rings is 1. The van der Waals surface area contributed by atoms with Gasteiger partial charge >= 0.3 is 0 Å². The number of carbonyl (C=O) groups excluding carboxylic acids is 1. The molecule has 3 rings (SSSR count). The Hall–Kier alpha value is -2.44. The average Bonchev–Trinajstić information content (AvgIpc) is 3.03. The zero-order chi connectivity index (χ0) is 21.3. The monoisotopic (exact) mass is 447 g/mol. The van der Waals surface area contributed by atoms with Crippen LogP contribution in [0.4, 0.5) is 0 Å². The lowest BCUT2D eigenvalue weighted by molar-refractivity contribution is 0.0998. The zero-order valence-corrected chi connectivity index (χ0v) is 18.4. The van der Waals surface area contributed by atoms with E-state index in [9.17, 15) is 13.2 Å². The molecular formula is C20H18ClN3O3S2. The van der Waals surface area contributed by atoms with Crippen molar-refractivity contribution < 1.29 is 13.2 Å². The van der Waals surface area contributed by atoms with Crippen molar-refractivity contribution in [3.05, 3.63) is 57.3 Å². The van der Waals surface area contributed by atoms with Gasteiger partial charge in [0.2, 0.25) is 10.0 Å². The molecule has 1 amide bonds. The summed E-state index contributed by atoms with van der Waals surface area (Å²) >= 11 is 7.57. The summed E-state index contributed by atoms with van der Waals surface area (Å²) in [5.74, 6) is 2.09. The van der Waals surface area contributed by atoms with E-state index in [1.54, 1.807) is 10.6 Å². The van der Waals surface area contributed by atoms with Gasteiger partial charge in [-0.3, -0.25) is 4.79 Å². The summed E-state index contributed by atoms with van der Waals surface area (Å²) in [5, 5.41) is 0.608. The summed E-state index contributed by atoms with van der Waals surface area (Å²) in [6.07, 6.45) is 5.50. The summed E-state index contributed by atoms with van der Waals surface area (Å²) in [4.78, 5) is 17.5. The van der Waals surface area contributed by atoms with Crippen LogP contribution in [0, 0.1) is 19.3 Å².